The van der Waals surface area contributed by atoms with Crippen molar-refractivity contribution in [3.8, 4) is 0 Å². The number of hydrogen-bond donors (Lipinski definition) is 0. The average Bonchev–Trinajstić information content (AvgIpc) is 2.62. The lowest BCUT2D eigenvalue weighted by atomic mass is 10.0. The molecular weight excluding hydrogens is 346 g/mol. The Hall–Kier alpha value is -1.71. The first-order valence-corrected chi connectivity index (χ1v) is 9.95. The highest BCUT2D eigenvalue weighted by molar-refractivity contribution is 7.89. The van der Waals surface area contributed by atoms with E-state index in [1.807, 2.05) is 4.90 Å². The lowest BCUT2D eigenvalue weighted by Gasteiger charge is -2.30. The largest absolute Gasteiger partial charge is 0.378 e. The molecule has 0 spiro atoms. The van der Waals surface area contributed by atoms with E-state index in [1.165, 1.54) is 16.4 Å². The third kappa shape index (κ3) is 3.78. The van der Waals surface area contributed by atoms with Crippen molar-refractivity contribution in [1.82, 2.24) is 4.31 Å². The molecule has 9 heteroatoms. The summed E-state index contributed by atoms with van der Waals surface area (Å²) in [6.07, 6.45) is 1.63. The first-order valence-electron chi connectivity index (χ1n) is 8.51. The number of sulfonamides is 1. The molecule has 0 saturated carbocycles. The molecule has 2 aliphatic heterocycles. The highest BCUT2D eigenvalue weighted by Gasteiger charge is 2.31. The maximum absolute atomic E-state index is 12.8. The molecule has 0 aromatic heterocycles. The minimum atomic E-state index is -3.70. The van der Waals surface area contributed by atoms with Crippen LogP contribution in [0.25, 0.3) is 0 Å². The van der Waals surface area contributed by atoms with Crippen molar-refractivity contribution < 1.29 is 18.1 Å². The number of piperidine rings is 1. The Morgan fingerprint density at radius 3 is 2.40 bits per heavy atom. The van der Waals surface area contributed by atoms with Crippen molar-refractivity contribution in [3.05, 3.63) is 28.3 Å². The molecule has 8 nitrogen and oxygen atoms in total. The van der Waals surface area contributed by atoms with Gasteiger partial charge in [-0.2, -0.15) is 4.31 Å². The molecule has 0 N–H and O–H groups in total. The van der Waals surface area contributed by atoms with Crippen molar-refractivity contribution >= 4 is 21.4 Å². The molecule has 2 fully saturated rings. The van der Waals surface area contributed by atoms with Gasteiger partial charge in [-0.15, -0.1) is 0 Å². The van der Waals surface area contributed by atoms with E-state index in [4.69, 9.17) is 4.74 Å². The predicted molar refractivity (Wildman–Crippen MR) is 93.3 cm³/mol. The Morgan fingerprint density at radius 2 is 1.80 bits per heavy atom. The fourth-order valence-electron chi connectivity index (χ4n) is 3.26. The first kappa shape index (κ1) is 18.1. The van der Waals surface area contributed by atoms with Gasteiger partial charge in [0, 0.05) is 32.2 Å². The lowest BCUT2D eigenvalue weighted by Crippen LogP contribution is -2.38. The van der Waals surface area contributed by atoms with E-state index in [-0.39, 0.29) is 10.6 Å². The fraction of sp³-hybridized carbons (Fsp3) is 0.625. The summed E-state index contributed by atoms with van der Waals surface area (Å²) in [4.78, 5) is 12.8. The van der Waals surface area contributed by atoms with Gasteiger partial charge in [0.05, 0.1) is 23.0 Å². The molecule has 2 heterocycles. The van der Waals surface area contributed by atoms with Crippen LogP contribution >= 0.6 is 0 Å². The molecule has 0 unspecified atom stereocenters. The molecule has 0 amide bonds. The lowest BCUT2D eigenvalue weighted by molar-refractivity contribution is -0.384. The van der Waals surface area contributed by atoms with Crippen molar-refractivity contribution in [3.63, 3.8) is 0 Å². The number of hydrogen-bond acceptors (Lipinski definition) is 6. The van der Waals surface area contributed by atoms with Crippen LogP contribution in [0.15, 0.2) is 23.1 Å². The van der Waals surface area contributed by atoms with Crippen LogP contribution in [0, 0.1) is 16.0 Å². The molecule has 0 radical (unpaired) electrons. The number of nitro groups is 1. The zero-order valence-corrected chi connectivity index (χ0v) is 15.1. The minimum absolute atomic E-state index is 0.00855. The third-order valence-corrected chi connectivity index (χ3v) is 6.77. The SMILES string of the molecule is CC1CCN(S(=O)(=O)c2ccc(N3CCOCC3)c([N+](=O)[O-])c2)CC1. The van der Waals surface area contributed by atoms with Gasteiger partial charge in [-0.25, -0.2) is 8.42 Å². The summed E-state index contributed by atoms with van der Waals surface area (Å²) >= 11 is 0. The molecule has 3 rings (SSSR count). The average molecular weight is 369 g/mol. The van der Waals surface area contributed by atoms with Crippen LogP contribution in [0.1, 0.15) is 19.8 Å². The Labute approximate surface area is 147 Å². The van der Waals surface area contributed by atoms with Crippen molar-refractivity contribution in [1.29, 1.82) is 0 Å². The van der Waals surface area contributed by atoms with Crippen LogP contribution in [-0.2, 0) is 14.8 Å². The number of anilines is 1. The molecule has 2 aliphatic rings. The van der Waals surface area contributed by atoms with Crippen LogP contribution in [0.5, 0.6) is 0 Å². The topological polar surface area (TPSA) is 93.0 Å². The van der Waals surface area contributed by atoms with E-state index < -0.39 is 14.9 Å². The smallest absolute Gasteiger partial charge is 0.293 e. The number of nitro benzene ring substituents is 1. The molecule has 0 aliphatic carbocycles. The summed E-state index contributed by atoms with van der Waals surface area (Å²) in [5.41, 5.74) is 0.271. The maximum Gasteiger partial charge on any atom is 0.293 e. The van der Waals surface area contributed by atoms with Gasteiger partial charge in [-0.05, 0) is 30.9 Å². The fourth-order valence-corrected chi connectivity index (χ4v) is 4.75. The molecule has 25 heavy (non-hydrogen) atoms. The van der Waals surface area contributed by atoms with Crippen molar-refractivity contribution in [2.24, 2.45) is 5.92 Å². The second-order valence-electron chi connectivity index (χ2n) is 6.59. The van der Waals surface area contributed by atoms with E-state index in [0.29, 0.717) is 51.0 Å². The predicted octanol–water partition coefficient (Wildman–Crippen LogP) is 1.85. The zero-order valence-electron chi connectivity index (χ0n) is 14.3. The number of ether oxygens (including phenoxy) is 1. The zero-order chi connectivity index (χ0) is 18.0. The summed E-state index contributed by atoms with van der Waals surface area (Å²) in [6.45, 7) is 5.14. The van der Waals surface area contributed by atoms with Crippen molar-refractivity contribution in [2.75, 3.05) is 44.3 Å². The summed E-state index contributed by atoms with van der Waals surface area (Å²) in [6, 6.07) is 4.21. The Kier molecular flexibility index (Phi) is 5.26. The number of nitrogens with zero attached hydrogens (tertiary/aromatic N) is 3. The van der Waals surface area contributed by atoms with Gasteiger partial charge in [-0.3, -0.25) is 10.1 Å². The normalized spacial score (nSPS) is 20.6. The van der Waals surface area contributed by atoms with E-state index in [9.17, 15) is 18.5 Å². The number of rotatable bonds is 4. The quantitative estimate of drug-likeness (QED) is 0.594. The van der Waals surface area contributed by atoms with Gasteiger partial charge in [0.25, 0.3) is 5.69 Å². The molecule has 0 bridgehead atoms. The number of benzene rings is 1. The van der Waals surface area contributed by atoms with Crippen molar-refractivity contribution in [2.45, 2.75) is 24.7 Å². The van der Waals surface area contributed by atoms with Crippen LogP contribution in [0.3, 0.4) is 0 Å². The second kappa shape index (κ2) is 7.27. The van der Waals surface area contributed by atoms with E-state index >= 15 is 0 Å². The summed E-state index contributed by atoms with van der Waals surface area (Å²) < 4.78 is 32.4. The molecular formula is C16H23N3O5S. The Balaban J connectivity index is 1.92. The Bertz CT molecular complexity index is 738. The van der Waals surface area contributed by atoms with Gasteiger partial charge in [0.1, 0.15) is 5.69 Å². The van der Waals surface area contributed by atoms with E-state index in [2.05, 4.69) is 6.92 Å². The molecule has 138 valence electrons. The highest BCUT2D eigenvalue weighted by Crippen LogP contribution is 2.33. The van der Waals surface area contributed by atoms with Gasteiger partial charge in [0.15, 0.2) is 0 Å². The summed E-state index contributed by atoms with van der Waals surface area (Å²) in [7, 11) is -3.70. The summed E-state index contributed by atoms with van der Waals surface area (Å²) in [5.74, 6) is 0.504. The van der Waals surface area contributed by atoms with Gasteiger partial charge < -0.3 is 9.64 Å². The molecule has 1 aromatic rings. The van der Waals surface area contributed by atoms with Gasteiger partial charge >= 0.3 is 0 Å². The van der Waals surface area contributed by atoms with Crippen LogP contribution in [-0.4, -0.2) is 57.0 Å². The first-order chi connectivity index (χ1) is 11.9. The number of morpholine rings is 1. The summed E-state index contributed by atoms with van der Waals surface area (Å²) in [5, 5.41) is 11.5. The minimum Gasteiger partial charge on any atom is -0.378 e. The second-order valence-corrected chi connectivity index (χ2v) is 8.53. The van der Waals surface area contributed by atoms with Crippen LogP contribution in [0.4, 0.5) is 11.4 Å². The maximum atomic E-state index is 12.8. The van der Waals surface area contributed by atoms with E-state index in [0.717, 1.165) is 12.8 Å². The van der Waals surface area contributed by atoms with Gasteiger partial charge in [-0.1, -0.05) is 6.92 Å². The molecule has 0 atom stereocenters. The highest BCUT2D eigenvalue weighted by atomic mass is 32.2. The van der Waals surface area contributed by atoms with Crippen LogP contribution in [0.2, 0.25) is 0 Å². The molecule has 1 aromatic carbocycles. The Morgan fingerprint density at radius 1 is 1.16 bits per heavy atom. The van der Waals surface area contributed by atoms with E-state index in [1.54, 1.807) is 6.07 Å². The van der Waals surface area contributed by atoms with Gasteiger partial charge in [0.2, 0.25) is 10.0 Å². The molecule has 2 saturated heterocycles. The monoisotopic (exact) mass is 369 g/mol. The van der Waals surface area contributed by atoms with Crippen LogP contribution < -0.4 is 4.90 Å². The third-order valence-electron chi connectivity index (χ3n) is 4.88. The standard InChI is InChI=1S/C16H23N3O5S/c1-13-4-6-18(7-5-13)25(22,23)14-2-3-15(16(12-14)19(20)21)17-8-10-24-11-9-17/h2-3,12-13H,4-11H2,1H3.